The van der Waals surface area contributed by atoms with Crippen LogP contribution in [0, 0.1) is 17.8 Å². The topological polar surface area (TPSA) is 21.3 Å². The highest BCUT2D eigenvalue weighted by Crippen LogP contribution is 2.51. The Morgan fingerprint density at radius 1 is 1.24 bits per heavy atom. The molecule has 0 heterocycles. The summed E-state index contributed by atoms with van der Waals surface area (Å²) in [5.41, 5.74) is 1.39. The molecule has 1 aromatic carbocycles. The molecule has 0 amide bonds. The summed E-state index contributed by atoms with van der Waals surface area (Å²) in [4.78, 5) is 0. The molecule has 2 saturated carbocycles. The van der Waals surface area contributed by atoms with Gasteiger partial charge in [0.2, 0.25) is 0 Å². The monoisotopic (exact) mass is 287 g/mol. The van der Waals surface area contributed by atoms with Crippen molar-refractivity contribution in [3.63, 3.8) is 0 Å². The fraction of sp³-hybridized carbons (Fsp3) is 0.684. The molecule has 21 heavy (non-hydrogen) atoms. The van der Waals surface area contributed by atoms with Crippen molar-refractivity contribution in [3.8, 4) is 5.75 Å². The van der Waals surface area contributed by atoms with E-state index >= 15 is 0 Å². The van der Waals surface area contributed by atoms with Gasteiger partial charge in [0.25, 0.3) is 0 Å². The molecule has 1 N–H and O–H groups in total. The standard InChI is InChI=1S/C19H29NO/c1-3-20-19(13-17-11-14-8-9-15(17)10-14)16-6-5-7-18(12-16)21-4-2/h5-7,12,14-15,17,19-20H,3-4,8-11,13H2,1-2H3. The normalized spacial score (nSPS) is 28.8. The fourth-order valence-corrected chi connectivity index (χ4v) is 4.54. The van der Waals surface area contributed by atoms with Crippen molar-refractivity contribution in [1.82, 2.24) is 5.32 Å². The number of rotatable bonds is 7. The van der Waals surface area contributed by atoms with Gasteiger partial charge in [0.15, 0.2) is 0 Å². The van der Waals surface area contributed by atoms with E-state index in [4.69, 9.17) is 4.74 Å². The zero-order valence-electron chi connectivity index (χ0n) is 13.5. The van der Waals surface area contributed by atoms with Crippen LogP contribution in [0.5, 0.6) is 5.75 Å². The van der Waals surface area contributed by atoms with Gasteiger partial charge in [-0.2, -0.15) is 0 Å². The Labute approximate surface area is 129 Å². The molecule has 2 aliphatic carbocycles. The van der Waals surface area contributed by atoms with E-state index < -0.39 is 0 Å². The second-order valence-electron chi connectivity index (χ2n) is 6.79. The van der Waals surface area contributed by atoms with Gasteiger partial charge in [0.1, 0.15) is 5.75 Å². The Balaban J connectivity index is 1.70. The Hall–Kier alpha value is -1.02. The molecule has 1 aromatic rings. The smallest absolute Gasteiger partial charge is 0.119 e. The minimum atomic E-state index is 0.486. The second kappa shape index (κ2) is 6.83. The first-order valence-electron chi connectivity index (χ1n) is 8.76. The first-order valence-corrected chi connectivity index (χ1v) is 8.76. The average Bonchev–Trinajstić information content (AvgIpc) is 3.10. The maximum atomic E-state index is 5.67. The van der Waals surface area contributed by atoms with Gasteiger partial charge < -0.3 is 10.1 Å². The van der Waals surface area contributed by atoms with Gasteiger partial charge >= 0.3 is 0 Å². The molecule has 0 aromatic heterocycles. The molecular formula is C19H29NO. The third kappa shape index (κ3) is 3.42. The molecule has 3 rings (SSSR count). The Bertz CT molecular complexity index is 459. The van der Waals surface area contributed by atoms with E-state index in [1.54, 1.807) is 0 Å². The van der Waals surface area contributed by atoms with Gasteiger partial charge in [-0.05, 0) is 74.6 Å². The maximum Gasteiger partial charge on any atom is 0.119 e. The first kappa shape index (κ1) is 14.9. The van der Waals surface area contributed by atoms with E-state index in [0.717, 1.165) is 36.7 Å². The quantitative estimate of drug-likeness (QED) is 0.793. The Kier molecular flexibility index (Phi) is 4.84. The van der Waals surface area contributed by atoms with Crippen LogP contribution in [0.1, 0.15) is 57.6 Å². The van der Waals surface area contributed by atoms with Crippen LogP contribution in [0.2, 0.25) is 0 Å². The summed E-state index contributed by atoms with van der Waals surface area (Å²) in [6, 6.07) is 9.16. The molecule has 4 atom stereocenters. The molecule has 0 radical (unpaired) electrons. The third-order valence-electron chi connectivity index (χ3n) is 5.44. The van der Waals surface area contributed by atoms with Crippen LogP contribution in [-0.4, -0.2) is 13.2 Å². The molecule has 0 aliphatic heterocycles. The predicted molar refractivity (Wildman–Crippen MR) is 87.6 cm³/mol. The van der Waals surface area contributed by atoms with E-state index in [2.05, 4.69) is 36.5 Å². The molecule has 116 valence electrons. The number of nitrogens with one attached hydrogen (secondary N) is 1. The van der Waals surface area contributed by atoms with E-state index in [0.29, 0.717) is 6.04 Å². The number of hydrogen-bond donors (Lipinski definition) is 1. The van der Waals surface area contributed by atoms with Gasteiger partial charge in [-0.1, -0.05) is 25.5 Å². The van der Waals surface area contributed by atoms with Crippen molar-refractivity contribution in [2.45, 2.75) is 52.0 Å². The summed E-state index contributed by atoms with van der Waals surface area (Å²) in [7, 11) is 0. The highest BCUT2D eigenvalue weighted by atomic mass is 16.5. The lowest BCUT2D eigenvalue weighted by Gasteiger charge is -2.27. The van der Waals surface area contributed by atoms with Gasteiger partial charge in [-0.3, -0.25) is 0 Å². The van der Waals surface area contributed by atoms with Crippen LogP contribution < -0.4 is 10.1 Å². The summed E-state index contributed by atoms with van der Waals surface area (Å²) in [6.45, 7) is 6.02. The molecule has 0 saturated heterocycles. The summed E-state index contributed by atoms with van der Waals surface area (Å²) >= 11 is 0. The molecule has 0 spiro atoms. The summed E-state index contributed by atoms with van der Waals surface area (Å²) in [5.74, 6) is 3.98. The van der Waals surface area contributed by atoms with Crippen molar-refractivity contribution in [2.75, 3.05) is 13.2 Å². The average molecular weight is 287 g/mol. The highest BCUT2D eigenvalue weighted by molar-refractivity contribution is 5.30. The van der Waals surface area contributed by atoms with Crippen LogP contribution in [0.25, 0.3) is 0 Å². The molecule has 2 fully saturated rings. The SMILES string of the molecule is CCNC(CC1CC2CCC1C2)c1cccc(OCC)c1. The van der Waals surface area contributed by atoms with E-state index in [-0.39, 0.29) is 0 Å². The minimum absolute atomic E-state index is 0.486. The van der Waals surface area contributed by atoms with Crippen molar-refractivity contribution in [1.29, 1.82) is 0 Å². The molecule has 2 heteroatoms. The zero-order chi connectivity index (χ0) is 14.7. The Morgan fingerprint density at radius 2 is 2.14 bits per heavy atom. The summed E-state index contributed by atoms with van der Waals surface area (Å²) in [6.07, 6.45) is 7.24. The first-order chi connectivity index (χ1) is 10.3. The summed E-state index contributed by atoms with van der Waals surface area (Å²) in [5, 5.41) is 3.70. The van der Waals surface area contributed by atoms with Crippen molar-refractivity contribution >= 4 is 0 Å². The van der Waals surface area contributed by atoms with E-state index in [1.165, 1.54) is 37.7 Å². The lowest BCUT2D eigenvalue weighted by molar-refractivity contribution is 0.280. The zero-order valence-corrected chi connectivity index (χ0v) is 13.5. The molecular weight excluding hydrogens is 258 g/mol. The van der Waals surface area contributed by atoms with Crippen molar-refractivity contribution in [2.24, 2.45) is 17.8 Å². The Morgan fingerprint density at radius 3 is 2.81 bits per heavy atom. The number of hydrogen-bond acceptors (Lipinski definition) is 2. The van der Waals surface area contributed by atoms with Crippen LogP contribution >= 0.6 is 0 Å². The molecule has 4 unspecified atom stereocenters. The molecule has 2 aliphatic rings. The summed E-state index contributed by atoms with van der Waals surface area (Å²) < 4.78 is 5.67. The van der Waals surface area contributed by atoms with Crippen LogP contribution in [0.3, 0.4) is 0 Å². The van der Waals surface area contributed by atoms with Gasteiger partial charge in [0, 0.05) is 6.04 Å². The van der Waals surface area contributed by atoms with Crippen LogP contribution in [0.15, 0.2) is 24.3 Å². The molecule has 2 bridgehead atoms. The number of benzene rings is 1. The van der Waals surface area contributed by atoms with Crippen LogP contribution in [0.4, 0.5) is 0 Å². The van der Waals surface area contributed by atoms with Gasteiger partial charge in [-0.15, -0.1) is 0 Å². The largest absolute Gasteiger partial charge is 0.494 e. The number of ether oxygens (including phenoxy) is 1. The van der Waals surface area contributed by atoms with E-state index in [1.807, 2.05) is 6.92 Å². The van der Waals surface area contributed by atoms with Crippen molar-refractivity contribution < 1.29 is 4.74 Å². The third-order valence-corrected chi connectivity index (χ3v) is 5.44. The van der Waals surface area contributed by atoms with Crippen molar-refractivity contribution in [3.05, 3.63) is 29.8 Å². The number of fused-ring (bicyclic) bond motifs is 2. The lowest BCUT2D eigenvalue weighted by atomic mass is 9.82. The second-order valence-corrected chi connectivity index (χ2v) is 6.79. The predicted octanol–water partition coefficient (Wildman–Crippen LogP) is 4.56. The maximum absolute atomic E-state index is 5.67. The highest BCUT2D eigenvalue weighted by Gasteiger charge is 2.40. The molecule has 2 nitrogen and oxygen atoms in total. The fourth-order valence-electron chi connectivity index (χ4n) is 4.54. The minimum Gasteiger partial charge on any atom is -0.494 e. The van der Waals surface area contributed by atoms with Crippen LogP contribution in [-0.2, 0) is 0 Å². The van der Waals surface area contributed by atoms with E-state index in [9.17, 15) is 0 Å². The van der Waals surface area contributed by atoms with Gasteiger partial charge in [0.05, 0.1) is 6.61 Å². The lowest BCUT2D eigenvalue weighted by Crippen LogP contribution is -2.25. The van der Waals surface area contributed by atoms with Gasteiger partial charge in [-0.25, -0.2) is 0 Å².